The number of hydrogen-bond acceptors (Lipinski definition) is 5. The van der Waals surface area contributed by atoms with E-state index in [0.29, 0.717) is 19.0 Å². The first kappa shape index (κ1) is 15.8. The molecule has 0 radical (unpaired) electrons. The number of fused-ring (bicyclic) bond motifs is 1. The highest BCUT2D eigenvalue weighted by Gasteiger charge is 2.26. The average Bonchev–Trinajstić information content (AvgIpc) is 2.61. The summed E-state index contributed by atoms with van der Waals surface area (Å²) in [7, 11) is 0. The van der Waals surface area contributed by atoms with Gasteiger partial charge in [0.15, 0.2) is 0 Å². The lowest BCUT2D eigenvalue weighted by Gasteiger charge is -2.34. The molecule has 2 aromatic rings. The van der Waals surface area contributed by atoms with Crippen LogP contribution in [0.4, 0.5) is 16.2 Å². The van der Waals surface area contributed by atoms with Gasteiger partial charge in [0.05, 0.1) is 11.9 Å². The number of benzene rings is 1. The van der Waals surface area contributed by atoms with E-state index in [-0.39, 0.29) is 11.9 Å². The summed E-state index contributed by atoms with van der Waals surface area (Å²) in [5.74, 6) is -0.232. The summed E-state index contributed by atoms with van der Waals surface area (Å²) >= 11 is 0. The molecule has 25 heavy (non-hydrogen) atoms. The van der Waals surface area contributed by atoms with Gasteiger partial charge in [-0.3, -0.25) is 20.0 Å². The average molecular weight is 339 g/mol. The number of anilines is 2. The lowest BCUT2D eigenvalue weighted by atomic mass is 10.1. The van der Waals surface area contributed by atoms with Crippen LogP contribution in [0.2, 0.25) is 0 Å². The molecule has 0 saturated carbocycles. The van der Waals surface area contributed by atoms with Crippen LogP contribution in [-0.4, -0.2) is 49.1 Å². The molecule has 7 heteroatoms. The number of carbonyl (C=O) groups excluding carboxylic acids is 2. The summed E-state index contributed by atoms with van der Waals surface area (Å²) in [6, 6.07) is 6.17. The van der Waals surface area contributed by atoms with Crippen LogP contribution in [0.25, 0.3) is 10.8 Å². The maximum Gasteiger partial charge on any atom is 0.328 e. The van der Waals surface area contributed by atoms with E-state index in [1.807, 2.05) is 18.3 Å². The summed E-state index contributed by atoms with van der Waals surface area (Å²) in [6.07, 6.45) is 3.85. The molecule has 1 atom stereocenters. The normalized spacial score (nSPS) is 21.6. The van der Waals surface area contributed by atoms with Gasteiger partial charge in [0.2, 0.25) is 5.91 Å². The Hall–Kier alpha value is -2.67. The largest absolute Gasteiger partial charge is 0.368 e. The van der Waals surface area contributed by atoms with Gasteiger partial charge in [-0.25, -0.2) is 4.79 Å². The zero-order valence-electron chi connectivity index (χ0n) is 14.2. The molecule has 130 valence electrons. The van der Waals surface area contributed by atoms with Crippen LogP contribution >= 0.6 is 0 Å². The molecule has 2 N–H and O–H groups in total. The Balaban J connectivity index is 1.76. The molecule has 3 amide bonds. The Bertz CT molecular complexity index is 837. The van der Waals surface area contributed by atoms with Crippen molar-refractivity contribution in [3.8, 4) is 0 Å². The summed E-state index contributed by atoms with van der Waals surface area (Å²) in [4.78, 5) is 32.0. The fourth-order valence-electron chi connectivity index (χ4n) is 3.60. The van der Waals surface area contributed by atoms with Crippen molar-refractivity contribution >= 4 is 34.1 Å². The Morgan fingerprint density at radius 1 is 1.12 bits per heavy atom. The second kappa shape index (κ2) is 6.33. The SMILES string of the molecule is C[C@@H]1CN(c2cccc3c(N4CCC(=O)NC4=O)cncc23)CCN1. The molecular formula is C18H21N5O2. The van der Waals surface area contributed by atoms with Crippen molar-refractivity contribution in [3.05, 3.63) is 30.6 Å². The summed E-state index contributed by atoms with van der Waals surface area (Å²) in [5.41, 5.74) is 1.88. The fourth-order valence-corrected chi connectivity index (χ4v) is 3.60. The van der Waals surface area contributed by atoms with Gasteiger partial charge in [-0.1, -0.05) is 12.1 Å². The first-order valence-corrected chi connectivity index (χ1v) is 8.60. The van der Waals surface area contributed by atoms with Crippen molar-refractivity contribution in [2.24, 2.45) is 0 Å². The Morgan fingerprint density at radius 3 is 2.80 bits per heavy atom. The molecule has 2 aliphatic heterocycles. The minimum atomic E-state index is -0.383. The van der Waals surface area contributed by atoms with Gasteiger partial charge in [-0.05, 0) is 13.0 Å². The Kier molecular flexibility index (Phi) is 4.01. The summed E-state index contributed by atoms with van der Waals surface area (Å²) in [5, 5.41) is 7.83. The second-order valence-corrected chi connectivity index (χ2v) is 6.59. The number of urea groups is 1. The molecular weight excluding hydrogens is 318 g/mol. The molecule has 2 aliphatic rings. The third kappa shape index (κ3) is 2.91. The maximum absolute atomic E-state index is 12.2. The topological polar surface area (TPSA) is 77.6 Å². The molecule has 1 aromatic heterocycles. The van der Waals surface area contributed by atoms with E-state index in [1.54, 1.807) is 11.1 Å². The monoisotopic (exact) mass is 339 g/mol. The molecule has 4 rings (SSSR count). The van der Waals surface area contributed by atoms with E-state index in [1.165, 1.54) is 0 Å². The van der Waals surface area contributed by atoms with E-state index >= 15 is 0 Å². The predicted molar refractivity (Wildman–Crippen MR) is 96.9 cm³/mol. The minimum Gasteiger partial charge on any atom is -0.368 e. The third-order valence-electron chi connectivity index (χ3n) is 4.81. The lowest BCUT2D eigenvalue weighted by molar-refractivity contribution is -0.120. The molecule has 0 bridgehead atoms. The molecule has 1 aromatic carbocycles. The van der Waals surface area contributed by atoms with Crippen LogP contribution in [0.1, 0.15) is 13.3 Å². The Labute approximate surface area is 146 Å². The van der Waals surface area contributed by atoms with Crippen LogP contribution in [0, 0.1) is 0 Å². The maximum atomic E-state index is 12.2. The molecule has 0 spiro atoms. The van der Waals surface area contributed by atoms with E-state index in [4.69, 9.17) is 0 Å². The fraction of sp³-hybridized carbons (Fsp3) is 0.389. The number of imide groups is 1. The zero-order valence-corrected chi connectivity index (χ0v) is 14.2. The molecule has 2 saturated heterocycles. The molecule has 0 unspecified atom stereocenters. The van der Waals surface area contributed by atoms with Crippen LogP contribution < -0.4 is 20.4 Å². The number of piperazine rings is 1. The van der Waals surface area contributed by atoms with Crippen molar-refractivity contribution in [2.45, 2.75) is 19.4 Å². The van der Waals surface area contributed by atoms with Crippen LogP contribution in [0.15, 0.2) is 30.6 Å². The number of nitrogens with one attached hydrogen (secondary N) is 2. The van der Waals surface area contributed by atoms with Crippen molar-refractivity contribution < 1.29 is 9.59 Å². The van der Waals surface area contributed by atoms with Crippen molar-refractivity contribution in [1.82, 2.24) is 15.6 Å². The van der Waals surface area contributed by atoms with Crippen molar-refractivity contribution in [1.29, 1.82) is 0 Å². The zero-order chi connectivity index (χ0) is 17.4. The van der Waals surface area contributed by atoms with Gasteiger partial charge < -0.3 is 10.2 Å². The third-order valence-corrected chi connectivity index (χ3v) is 4.81. The molecule has 3 heterocycles. The minimum absolute atomic E-state index is 0.232. The highest BCUT2D eigenvalue weighted by atomic mass is 16.2. The molecule has 0 aliphatic carbocycles. The van der Waals surface area contributed by atoms with Gasteiger partial charge in [0, 0.05) is 61.3 Å². The van der Waals surface area contributed by atoms with E-state index in [0.717, 1.165) is 41.8 Å². The number of amides is 3. The van der Waals surface area contributed by atoms with Gasteiger partial charge >= 0.3 is 6.03 Å². The summed E-state index contributed by atoms with van der Waals surface area (Å²) < 4.78 is 0. The van der Waals surface area contributed by atoms with Crippen LogP contribution in [0.5, 0.6) is 0 Å². The van der Waals surface area contributed by atoms with Gasteiger partial charge in [-0.15, -0.1) is 0 Å². The highest BCUT2D eigenvalue weighted by Crippen LogP contribution is 2.33. The number of hydrogen-bond donors (Lipinski definition) is 2. The lowest BCUT2D eigenvalue weighted by Crippen LogP contribution is -2.50. The quantitative estimate of drug-likeness (QED) is 0.867. The molecule has 7 nitrogen and oxygen atoms in total. The van der Waals surface area contributed by atoms with Gasteiger partial charge in [0.1, 0.15) is 0 Å². The first-order chi connectivity index (χ1) is 12.1. The number of nitrogens with zero attached hydrogens (tertiary/aromatic N) is 3. The van der Waals surface area contributed by atoms with Gasteiger partial charge in [-0.2, -0.15) is 0 Å². The standard InChI is InChI=1S/C18H21N5O2/c1-12-11-22(8-6-20-12)15-4-2-3-13-14(15)9-19-10-16(13)23-7-5-17(24)21-18(23)25/h2-4,9-10,12,20H,5-8,11H2,1H3,(H,21,24,25)/t12-/m1/s1. The van der Waals surface area contributed by atoms with Gasteiger partial charge in [0.25, 0.3) is 0 Å². The second-order valence-electron chi connectivity index (χ2n) is 6.59. The molecule has 2 fully saturated rings. The van der Waals surface area contributed by atoms with Crippen molar-refractivity contribution in [3.63, 3.8) is 0 Å². The van der Waals surface area contributed by atoms with Crippen LogP contribution in [-0.2, 0) is 4.79 Å². The van der Waals surface area contributed by atoms with E-state index < -0.39 is 0 Å². The van der Waals surface area contributed by atoms with E-state index in [9.17, 15) is 9.59 Å². The number of carbonyl (C=O) groups is 2. The Morgan fingerprint density at radius 2 is 2.00 bits per heavy atom. The van der Waals surface area contributed by atoms with Crippen LogP contribution in [0.3, 0.4) is 0 Å². The number of aromatic nitrogens is 1. The number of rotatable bonds is 2. The predicted octanol–water partition coefficient (Wildman–Crippen LogP) is 1.48. The number of pyridine rings is 1. The van der Waals surface area contributed by atoms with Crippen molar-refractivity contribution in [2.75, 3.05) is 36.0 Å². The summed E-state index contributed by atoms with van der Waals surface area (Å²) in [6.45, 7) is 5.37. The highest BCUT2D eigenvalue weighted by molar-refractivity contribution is 6.11. The first-order valence-electron chi connectivity index (χ1n) is 8.60. The van der Waals surface area contributed by atoms with E-state index in [2.05, 4.69) is 33.5 Å². The smallest absolute Gasteiger partial charge is 0.328 e.